The van der Waals surface area contributed by atoms with Crippen molar-refractivity contribution in [3.8, 4) is 0 Å². The number of aliphatic hydroxyl groups excluding tert-OH is 1. The molecule has 1 saturated heterocycles. The summed E-state index contributed by atoms with van der Waals surface area (Å²) < 4.78 is 5.27. The summed E-state index contributed by atoms with van der Waals surface area (Å²) in [6, 6.07) is 0. The Morgan fingerprint density at radius 1 is 1.29 bits per heavy atom. The average molecular weight is 342 g/mol. The van der Waals surface area contributed by atoms with Gasteiger partial charge in [-0.3, -0.25) is 4.79 Å². The van der Waals surface area contributed by atoms with E-state index in [0.29, 0.717) is 5.92 Å². The number of aliphatic hydroxyl groups is 1. The molecule has 1 aliphatic heterocycles. The number of hydrogen-bond acceptors (Lipinski definition) is 4. The molecule has 140 valence electrons. The van der Waals surface area contributed by atoms with Gasteiger partial charge in [-0.15, -0.1) is 0 Å². The number of ether oxygens (including phenoxy) is 1. The van der Waals surface area contributed by atoms with Crippen LogP contribution in [0.15, 0.2) is 0 Å². The van der Waals surface area contributed by atoms with Crippen LogP contribution in [0.4, 0.5) is 4.79 Å². The van der Waals surface area contributed by atoms with Crippen LogP contribution in [0.25, 0.3) is 0 Å². The zero-order valence-electron chi connectivity index (χ0n) is 16.0. The number of carbonyl (C=O) groups excluding carboxylic acids is 2. The minimum atomic E-state index is -0.907. The molecule has 24 heavy (non-hydrogen) atoms. The summed E-state index contributed by atoms with van der Waals surface area (Å²) in [6.45, 7) is 10.9. The van der Waals surface area contributed by atoms with E-state index in [4.69, 9.17) is 4.74 Å². The summed E-state index contributed by atoms with van der Waals surface area (Å²) in [7, 11) is 1.57. The Bertz CT molecular complexity index is 433. The maximum atomic E-state index is 12.6. The molecule has 0 aromatic rings. The highest BCUT2D eigenvalue weighted by Crippen LogP contribution is 2.19. The van der Waals surface area contributed by atoms with Crippen LogP contribution >= 0.6 is 0 Å². The molecular formula is C18H34N2O4. The molecule has 3 unspecified atom stereocenters. The second-order valence-corrected chi connectivity index (χ2v) is 8.08. The summed E-state index contributed by atoms with van der Waals surface area (Å²) >= 11 is 0. The van der Waals surface area contributed by atoms with Crippen molar-refractivity contribution in [3.05, 3.63) is 0 Å². The summed E-state index contributed by atoms with van der Waals surface area (Å²) in [5.74, 6) is 0.0683. The van der Waals surface area contributed by atoms with Crippen molar-refractivity contribution < 1.29 is 19.4 Å². The third kappa shape index (κ3) is 6.67. The third-order valence-electron chi connectivity index (χ3n) is 4.46. The normalized spacial score (nSPS) is 21.6. The Labute approximate surface area is 146 Å². The Morgan fingerprint density at radius 2 is 1.92 bits per heavy atom. The van der Waals surface area contributed by atoms with E-state index >= 15 is 0 Å². The minimum absolute atomic E-state index is 0.0332. The highest BCUT2D eigenvalue weighted by atomic mass is 16.6. The fourth-order valence-electron chi connectivity index (χ4n) is 2.79. The van der Waals surface area contributed by atoms with Gasteiger partial charge in [-0.25, -0.2) is 4.79 Å². The molecule has 0 spiro atoms. The molecule has 1 fully saturated rings. The van der Waals surface area contributed by atoms with E-state index in [1.807, 2.05) is 4.90 Å². The van der Waals surface area contributed by atoms with E-state index in [0.717, 1.165) is 32.4 Å². The molecule has 3 atom stereocenters. The van der Waals surface area contributed by atoms with Gasteiger partial charge in [-0.1, -0.05) is 13.8 Å². The molecule has 2 amide bonds. The van der Waals surface area contributed by atoms with Crippen LogP contribution in [0, 0.1) is 11.8 Å². The molecule has 0 aromatic carbocycles. The van der Waals surface area contributed by atoms with E-state index in [1.165, 1.54) is 4.90 Å². The van der Waals surface area contributed by atoms with Crippen molar-refractivity contribution in [1.29, 1.82) is 0 Å². The smallest absolute Gasteiger partial charge is 0.410 e. The van der Waals surface area contributed by atoms with Crippen LogP contribution in [0.3, 0.4) is 0 Å². The largest absolute Gasteiger partial charge is 0.444 e. The number of nitrogens with zero attached hydrogens (tertiary/aromatic N) is 2. The molecule has 6 heteroatoms. The van der Waals surface area contributed by atoms with E-state index in [2.05, 4.69) is 6.92 Å². The van der Waals surface area contributed by atoms with Crippen molar-refractivity contribution in [1.82, 2.24) is 9.80 Å². The van der Waals surface area contributed by atoms with Crippen molar-refractivity contribution in [3.63, 3.8) is 0 Å². The standard InChI is InChI=1S/C18H34N2O4/c1-13-8-7-10-20(11-9-13)16(22)14(2)15(21)12-19(6)17(23)24-18(3,4)5/h13-15,21H,7-12H2,1-6H3. The molecule has 1 heterocycles. The fourth-order valence-corrected chi connectivity index (χ4v) is 2.79. The summed E-state index contributed by atoms with van der Waals surface area (Å²) in [5.41, 5.74) is -0.583. The fraction of sp³-hybridized carbons (Fsp3) is 0.889. The minimum Gasteiger partial charge on any atom is -0.444 e. The van der Waals surface area contributed by atoms with Crippen molar-refractivity contribution in [2.24, 2.45) is 11.8 Å². The highest BCUT2D eigenvalue weighted by Gasteiger charge is 2.30. The molecule has 6 nitrogen and oxygen atoms in total. The van der Waals surface area contributed by atoms with E-state index in [-0.39, 0.29) is 12.5 Å². The van der Waals surface area contributed by atoms with Gasteiger partial charge in [-0.05, 0) is 46.0 Å². The van der Waals surface area contributed by atoms with Gasteiger partial charge in [-0.2, -0.15) is 0 Å². The van der Waals surface area contributed by atoms with Gasteiger partial charge in [0.25, 0.3) is 0 Å². The summed E-state index contributed by atoms with van der Waals surface area (Å²) in [4.78, 5) is 27.8. The van der Waals surface area contributed by atoms with Gasteiger partial charge in [0, 0.05) is 20.1 Å². The van der Waals surface area contributed by atoms with E-state index in [9.17, 15) is 14.7 Å². The maximum Gasteiger partial charge on any atom is 0.410 e. The Hall–Kier alpha value is -1.30. The molecular weight excluding hydrogens is 308 g/mol. The number of likely N-dealkylation sites (N-methyl/N-ethyl adjacent to an activating group) is 1. The SMILES string of the molecule is CC1CCCN(C(=O)C(C)C(O)CN(C)C(=O)OC(C)(C)C)CC1. The molecule has 1 aliphatic rings. The Kier molecular flexibility index (Phi) is 7.52. The molecule has 0 aliphatic carbocycles. The second-order valence-electron chi connectivity index (χ2n) is 8.08. The first-order valence-electron chi connectivity index (χ1n) is 8.92. The topological polar surface area (TPSA) is 70.1 Å². The zero-order valence-corrected chi connectivity index (χ0v) is 16.0. The third-order valence-corrected chi connectivity index (χ3v) is 4.46. The van der Waals surface area contributed by atoms with Crippen LogP contribution in [0.5, 0.6) is 0 Å². The number of carbonyl (C=O) groups is 2. The first-order valence-corrected chi connectivity index (χ1v) is 8.92. The summed E-state index contributed by atoms with van der Waals surface area (Å²) in [5, 5.41) is 10.4. The van der Waals surface area contributed by atoms with Crippen LogP contribution in [-0.2, 0) is 9.53 Å². The lowest BCUT2D eigenvalue weighted by Gasteiger charge is -2.30. The lowest BCUT2D eigenvalue weighted by atomic mass is 10.0. The Morgan fingerprint density at radius 3 is 2.50 bits per heavy atom. The van der Waals surface area contributed by atoms with Crippen molar-refractivity contribution in [2.45, 2.75) is 65.6 Å². The monoisotopic (exact) mass is 342 g/mol. The van der Waals surface area contributed by atoms with Crippen LogP contribution in [-0.4, -0.2) is 65.3 Å². The van der Waals surface area contributed by atoms with Crippen LogP contribution < -0.4 is 0 Å². The van der Waals surface area contributed by atoms with Gasteiger partial charge in [0.2, 0.25) is 5.91 Å². The predicted molar refractivity (Wildman–Crippen MR) is 93.6 cm³/mol. The molecule has 0 aromatic heterocycles. The second kappa shape index (κ2) is 8.70. The number of amides is 2. The van der Waals surface area contributed by atoms with Crippen LogP contribution in [0.1, 0.15) is 53.9 Å². The van der Waals surface area contributed by atoms with Gasteiger partial charge in [0.05, 0.1) is 18.6 Å². The number of rotatable bonds is 4. The van der Waals surface area contributed by atoms with Gasteiger partial charge >= 0.3 is 6.09 Å². The van der Waals surface area contributed by atoms with Crippen molar-refractivity contribution in [2.75, 3.05) is 26.7 Å². The maximum absolute atomic E-state index is 12.6. The van der Waals surface area contributed by atoms with E-state index in [1.54, 1.807) is 34.7 Å². The number of hydrogen-bond donors (Lipinski definition) is 1. The molecule has 0 bridgehead atoms. The first-order chi connectivity index (χ1) is 11.0. The van der Waals surface area contributed by atoms with Gasteiger partial charge in [0.1, 0.15) is 5.60 Å². The molecule has 0 radical (unpaired) electrons. The van der Waals surface area contributed by atoms with Gasteiger partial charge in [0.15, 0.2) is 0 Å². The average Bonchev–Trinajstić information content (AvgIpc) is 2.68. The van der Waals surface area contributed by atoms with Crippen LogP contribution in [0.2, 0.25) is 0 Å². The highest BCUT2D eigenvalue weighted by molar-refractivity contribution is 5.79. The first kappa shape index (κ1) is 20.7. The predicted octanol–water partition coefficient (Wildman–Crippen LogP) is 2.50. The molecule has 0 saturated carbocycles. The zero-order chi connectivity index (χ0) is 18.5. The quantitative estimate of drug-likeness (QED) is 0.852. The summed E-state index contributed by atoms with van der Waals surface area (Å²) in [6.07, 6.45) is 1.75. The number of likely N-dealkylation sites (tertiary alicyclic amines) is 1. The molecule has 1 rings (SSSR count). The lowest BCUT2D eigenvalue weighted by Crippen LogP contribution is -2.45. The van der Waals surface area contributed by atoms with E-state index < -0.39 is 23.7 Å². The lowest BCUT2D eigenvalue weighted by molar-refractivity contribution is -0.138. The van der Waals surface area contributed by atoms with Crippen molar-refractivity contribution >= 4 is 12.0 Å². The Balaban J connectivity index is 2.55. The molecule has 1 N–H and O–H groups in total. The van der Waals surface area contributed by atoms with Gasteiger partial charge < -0.3 is 19.6 Å².